The molecule has 6 atom stereocenters. The van der Waals surface area contributed by atoms with E-state index >= 15 is 0 Å². The molecule has 0 heterocycles. The van der Waals surface area contributed by atoms with E-state index in [9.17, 15) is 34.2 Å². The van der Waals surface area contributed by atoms with Gasteiger partial charge in [0.2, 0.25) is 5.91 Å². The van der Waals surface area contributed by atoms with Crippen molar-refractivity contribution >= 4 is 40.4 Å². The summed E-state index contributed by atoms with van der Waals surface area (Å²) < 4.78 is 0. The zero-order valence-electron chi connectivity index (χ0n) is 20.8. The number of Topliss-reactive ketones (excluding diaryl/α,β-unsaturated/α-hetero) is 4. The molecule has 1 aromatic carbocycles. The fraction of sp³-hybridized carbons (Fsp3) is 0.560. The van der Waals surface area contributed by atoms with Gasteiger partial charge in [0.1, 0.15) is 5.75 Å². The van der Waals surface area contributed by atoms with Crippen molar-refractivity contribution in [3.05, 3.63) is 17.2 Å². The number of hydrogen-bond donors (Lipinski definition) is 4. The van der Waals surface area contributed by atoms with Crippen LogP contribution in [0.4, 0.5) is 11.4 Å². The van der Waals surface area contributed by atoms with Crippen LogP contribution in [0.1, 0.15) is 35.7 Å². The number of nitrogens with two attached hydrogens (primary N) is 2. The van der Waals surface area contributed by atoms with Gasteiger partial charge in [-0.25, -0.2) is 0 Å². The van der Waals surface area contributed by atoms with Gasteiger partial charge >= 0.3 is 0 Å². The number of ketones is 4. The van der Waals surface area contributed by atoms with E-state index in [1.54, 1.807) is 20.2 Å². The highest BCUT2D eigenvalue weighted by molar-refractivity contribution is 6.32. The number of hydrogen-bond acceptors (Lipinski definition) is 10. The van der Waals surface area contributed by atoms with Gasteiger partial charge in [-0.3, -0.25) is 28.9 Å². The number of primary amides is 1. The molecular weight excluding hydrogens is 468 g/mol. The molecule has 4 unspecified atom stereocenters. The van der Waals surface area contributed by atoms with E-state index in [0.717, 1.165) is 6.42 Å². The van der Waals surface area contributed by atoms with Crippen LogP contribution in [0.3, 0.4) is 0 Å². The molecule has 6 N–H and O–H groups in total. The van der Waals surface area contributed by atoms with Crippen molar-refractivity contribution in [1.82, 2.24) is 4.90 Å². The van der Waals surface area contributed by atoms with Crippen LogP contribution in [0.15, 0.2) is 6.07 Å². The number of rotatable bonds is 5. The van der Waals surface area contributed by atoms with Crippen LogP contribution in [0, 0.1) is 23.7 Å². The number of phenolic OH excluding ortho intramolecular Hbond substituents is 1. The van der Waals surface area contributed by atoms with E-state index in [4.69, 9.17) is 11.5 Å². The molecular formula is C25H32N4O7. The van der Waals surface area contributed by atoms with Gasteiger partial charge in [0.25, 0.3) is 0 Å². The minimum absolute atomic E-state index is 0.00592. The van der Waals surface area contributed by atoms with Crippen LogP contribution < -0.4 is 16.4 Å². The summed E-state index contributed by atoms with van der Waals surface area (Å²) in [6, 6.07) is 0.459. The van der Waals surface area contributed by atoms with Gasteiger partial charge in [0, 0.05) is 25.2 Å². The zero-order valence-corrected chi connectivity index (χ0v) is 20.8. The lowest BCUT2D eigenvalue weighted by Gasteiger charge is -2.52. The smallest absolute Gasteiger partial charge is 0.235 e. The van der Waals surface area contributed by atoms with Crippen molar-refractivity contribution in [3.63, 3.8) is 0 Å². The minimum atomic E-state index is -2.74. The molecule has 1 amide bonds. The summed E-state index contributed by atoms with van der Waals surface area (Å²) in [5.74, 6) is -10.8. The van der Waals surface area contributed by atoms with Crippen molar-refractivity contribution in [3.8, 4) is 5.75 Å². The fourth-order valence-electron chi connectivity index (χ4n) is 6.47. The van der Waals surface area contributed by atoms with Crippen LogP contribution in [0.25, 0.3) is 0 Å². The Kier molecular flexibility index (Phi) is 6.20. The van der Waals surface area contributed by atoms with Gasteiger partial charge < -0.3 is 26.6 Å². The topological polar surface area (TPSA) is 184 Å². The highest BCUT2D eigenvalue weighted by Crippen LogP contribution is 2.52. The van der Waals surface area contributed by atoms with E-state index in [0.29, 0.717) is 17.8 Å². The Morgan fingerprint density at radius 3 is 2.36 bits per heavy atom. The van der Waals surface area contributed by atoms with Crippen LogP contribution in [0.2, 0.25) is 0 Å². The van der Waals surface area contributed by atoms with Gasteiger partial charge in [0.05, 0.1) is 23.2 Å². The quantitative estimate of drug-likeness (QED) is 0.229. The summed E-state index contributed by atoms with van der Waals surface area (Å²) in [7, 11) is 4.93. The maximum Gasteiger partial charge on any atom is 0.235 e. The zero-order chi connectivity index (χ0) is 26.9. The Morgan fingerprint density at radius 2 is 1.81 bits per heavy atom. The van der Waals surface area contributed by atoms with Crippen molar-refractivity contribution in [2.24, 2.45) is 29.4 Å². The van der Waals surface area contributed by atoms with Crippen molar-refractivity contribution in [1.29, 1.82) is 0 Å². The normalized spacial score (nSPS) is 31.7. The molecule has 0 bridgehead atoms. The predicted molar refractivity (Wildman–Crippen MR) is 129 cm³/mol. The third-order valence-corrected chi connectivity index (χ3v) is 8.04. The number of aromatic hydroxyl groups is 1. The van der Waals surface area contributed by atoms with E-state index < -0.39 is 70.1 Å². The molecule has 0 radical (unpaired) electrons. The average Bonchev–Trinajstić information content (AvgIpc) is 2.78. The van der Waals surface area contributed by atoms with Gasteiger partial charge in [-0.15, -0.1) is 0 Å². The van der Waals surface area contributed by atoms with E-state index in [1.165, 1.54) is 4.90 Å². The molecule has 2 fully saturated rings. The first-order chi connectivity index (χ1) is 16.8. The maximum atomic E-state index is 13.8. The second-order valence-corrected chi connectivity index (χ2v) is 10.4. The summed E-state index contributed by atoms with van der Waals surface area (Å²) in [5, 5.41) is 22.3. The Labute approximate surface area is 208 Å². The largest absolute Gasteiger partial charge is 0.505 e. The number of fused-ring (bicyclic) bond motifs is 3. The number of benzene rings is 1. The monoisotopic (exact) mass is 500 g/mol. The van der Waals surface area contributed by atoms with Crippen LogP contribution in [0.5, 0.6) is 5.75 Å². The van der Waals surface area contributed by atoms with E-state index in [1.807, 2.05) is 18.9 Å². The molecule has 0 spiro atoms. The number of amides is 1. The van der Waals surface area contributed by atoms with Gasteiger partial charge in [-0.05, 0) is 50.9 Å². The van der Waals surface area contributed by atoms with E-state index in [2.05, 4.69) is 0 Å². The van der Waals surface area contributed by atoms with Crippen LogP contribution >= 0.6 is 0 Å². The molecule has 11 nitrogen and oxygen atoms in total. The second kappa shape index (κ2) is 8.67. The van der Waals surface area contributed by atoms with Gasteiger partial charge in [0.15, 0.2) is 34.7 Å². The third-order valence-electron chi connectivity index (χ3n) is 8.04. The first-order valence-electron chi connectivity index (χ1n) is 12.0. The number of nitrogen functional groups attached to an aromatic ring is 1. The standard InChI is InChI=1S/C25H32N4O7/c1-5-6-29(4)14-9-13(26)19(30)16-11(14)7-10-8-12-18(28(2)3)21(32)17(24(27)35)23(34)25(12,36)22(33)15(10)20(16)31/h9-10,12,15,17-18,30,36H,5-8,26H2,1-4H3,(H2,27,35)/t10?,12?,15?,17?,18-,25-/m0/s1. The second-order valence-electron chi connectivity index (χ2n) is 10.4. The number of anilines is 2. The van der Waals surface area contributed by atoms with Crippen molar-refractivity contribution in [2.45, 2.75) is 37.8 Å². The summed E-state index contributed by atoms with van der Waals surface area (Å²) in [5.41, 5.74) is 9.64. The van der Waals surface area contributed by atoms with E-state index in [-0.39, 0.29) is 24.1 Å². The Morgan fingerprint density at radius 1 is 1.17 bits per heavy atom. The molecule has 3 aliphatic carbocycles. The molecule has 2 saturated carbocycles. The molecule has 0 aliphatic heterocycles. The van der Waals surface area contributed by atoms with Crippen molar-refractivity contribution < 1.29 is 34.2 Å². The van der Waals surface area contributed by atoms with Crippen molar-refractivity contribution in [2.75, 3.05) is 38.3 Å². The number of nitrogens with zero attached hydrogens (tertiary/aromatic N) is 2. The number of carbonyl (C=O) groups excluding carboxylic acids is 5. The Bertz CT molecular complexity index is 1200. The lowest BCUT2D eigenvalue weighted by atomic mass is 9.52. The Balaban J connectivity index is 1.89. The fourth-order valence-corrected chi connectivity index (χ4v) is 6.47. The third kappa shape index (κ3) is 3.36. The van der Waals surface area contributed by atoms with Gasteiger partial charge in [-0.2, -0.15) is 0 Å². The number of aliphatic hydroxyl groups is 1. The maximum absolute atomic E-state index is 13.8. The first-order valence-corrected chi connectivity index (χ1v) is 12.0. The lowest BCUT2D eigenvalue weighted by molar-refractivity contribution is -0.181. The minimum Gasteiger partial charge on any atom is -0.505 e. The number of likely N-dealkylation sites (N-methyl/N-ethyl adjacent to an activating group) is 1. The SMILES string of the molecule is CCCN(C)c1cc(N)c(O)c2c1CC1CC3[C@H](N(C)C)C(=O)C(C(N)=O)C(=O)[C@@]3(O)C(=O)C1C2=O. The molecule has 0 aromatic heterocycles. The predicted octanol–water partition coefficient (Wildman–Crippen LogP) is -0.705. The molecule has 36 heavy (non-hydrogen) atoms. The molecule has 3 aliphatic rings. The molecule has 0 saturated heterocycles. The molecule has 11 heteroatoms. The number of carbonyl (C=O) groups is 5. The molecule has 1 aromatic rings. The van der Waals surface area contributed by atoms with Crippen LogP contribution in [-0.2, 0) is 25.6 Å². The number of phenols is 1. The summed E-state index contributed by atoms with van der Waals surface area (Å²) in [6.45, 7) is 2.65. The highest BCUT2D eigenvalue weighted by atomic mass is 16.3. The highest BCUT2D eigenvalue weighted by Gasteiger charge is 2.69. The summed E-state index contributed by atoms with van der Waals surface area (Å²) in [6.07, 6.45) is 1.02. The summed E-state index contributed by atoms with van der Waals surface area (Å²) in [4.78, 5) is 69.4. The lowest BCUT2D eigenvalue weighted by Crippen LogP contribution is -2.74. The molecule has 194 valence electrons. The van der Waals surface area contributed by atoms with Crippen LogP contribution in [-0.4, -0.2) is 83.5 Å². The summed E-state index contributed by atoms with van der Waals surface area (Å²) >= 11 is 0. The Hall–Kier alpha value is -3.31. The first kappa shape index (κ1) is 25.8. The average molecular weight is 501 g/mol. The van der Waals surface area contributed by atoms with Gasteiger partial charge in [-0.1, -0.05) is 6.92 Å². The molecule has 4 rings (SSSR count).